The van der Waals surface area contributed by atoms with Gasteiger partial charge in [0.15, 0.2) is 12.6 Å². The van der Waals surface area contributed by atoms with Crippen molar-refractivity contribution in [3.05, 3.63) is 0 Å². The zero-order valence-corrected chi connectivity index (χ0v) is 25.8. The van der Waals surface area contributed by atoms with E-state index in [-0.39, 0.29) is 25.2 Å². The average molecular weight is 671 g/mol. The minimum Gasteiger partial charge on any atom is -0.394 e. The van der Waals surface area contributed by atoms with Crippen molar-refractivity contribution in [3.63, 3.8) is 0 Å². The van der Waals surface area contributed by atoms with Gasteiger partial charge < -0.3 is 84.2 Å². The van der Waals surface area contributed by atoms with Crippen LogP contribution in [0.5, 0.6) is 0 Å². The summed E-state index contributed by atoms with van der Waals surface area (Å²) in [6.45, 7) is -1.30. The Hall–Kier alpha value is -0.680. The van der Waals surface area contributed by atoms with E-state index in [1.54, 1.807) is 0 Å². The van der Waals surface area contributed by atoms with Crippen LogP contribution in [0.15, 0.2) is 0 Å². The molecule has 46 heavy (non-hydrogen) atoms. The number of aliphatic hydroxyl groups is 10. The van der Waals surface area contributed by atoms with Crippen molar-refractivity contribution in [2.24, 2.45) is 11.8 Å². The van der Waals surface area contributed by atoms with Crippen LogP contribution in [0.25, 0.3) is 0 Å². The predicted molar refractivity (Wildman–Crippen MR) is 150 cm³/mol. The van der Waals surface area contributed by atoms with Gasteiger partial charge in [-0.3, -0.25) is 0 Å². The van der Waals surface area contributed by atoms with E-state index in [0.717, 1.165) is 0 Å². The van der Waals surface area contributed by atoms with Gasteiger partial charge in [0.25, 0.3) is 0 Å². The van der Waals surface area contributed by atoms with E-state index >= 15 is 0 Å². The molecule has 268 valence electrons. The predicted octanol–water partition coefficient (Wildman–Crippen LogP) is -4.91. The van der Waals surface area contributed by atoms with E-state index in [9.17, 15) is 51.1 Å². The minimum atomic E-state index is -1.68. The van der Waals surface area contributed by atoms with Crippen LogP contribution < -0.4 is 0 Å². The molecule has 17 heteroatoms. The molecule has 3 heterocycles. The zero-order valence-electron chi connectivity index (χ0n) is 25.8. The molecule has 5 rings (SSSR count). The number of hydrogen-bond acceptors (Lipinski definition) is 17. The van der Waals surface area contributed by atoms with E-state index in [4.69, 9.17) is 33.2 Å². The molecule has 18 unspecified atom stereocenters. The molecular weight excluding hydrogens is 620 g/mol. The lowest BCUT2D eigenvalue weighted by Gasteiger charge is -2.53. The molecule has 5 aliphatic rings. The highest BCUT2D eigenvalue weighted by atomic mass is 16.7. The van der Waals surface area contributed by atoms with Crippen molar-refractivity contribution in [2.45, 2.75) is 142 Å². The highest BCUT2D eigenvalue weighted by molar-refractivity contribution is 5.01. The quantitative estimate of drug-likeness (QED) is 0.110. The molecule has 3 aliphatic heterocycles. The van der Waals surface area contributed by atoms with Gasteiger partial charge in [-0.05, 0) is 31.6 Å². The topological polar surface area (TPSA) is 267 Å². The number of methoxy groups -OCH3 is 2. The van der Waals surface area contributed by atoms with Crippen LogP contribution in [0.1, 0.15) is 32.1 Å². The monoisotopic (exact) mass is 670 g/mol. The molecular formula is C29H50O17. The maximum atomic E-state index is 10.8. The number of fused-ring (bicyclic) bond motifs is 1. The SMILES string of the molecule is COC1CC(C2OC3CC(O)CC(OC4OC(CO)C(O)C(O)C4O)C3CC2OC2OC(CO)C(O)C(O)C2O)CC(OC)C1O. The largest absolute Gasteiger partial charge is 0.394 e. The van der Waals surface area contributed by atoms with Crippen LogP contribution in [0.3, 0.4) is 0 Å². The molecule has 0 aromatic rings. The van der Waals surface area contributed by atoms with Gasteiger partial charge in [-0.1, -0.05) is 0 Å². The zero-order chi connectivity index (χ0) is 33.4. The standard InChI is InChI=1S/C29H50O17/c1-40-15-3-10(4-16(41-2)20(15)33)27-17(44-29-26(39)24(37)22(35)19(9-31)46-29)7-12-13(42-27)5-11(32)6-14(12)43-28-25(38)23(36)21(34)18(8-30)45-28/h10-39H,3-9H2,1-2H3. The first-order valence-corrected chi connectivity index (χ1v) is 15.9. The summed E-state index contributed by atoms with van der Waals surface area (Å²) in [6, 6.07) is 0. The molecule has 17 nitrogen and oxygen atoms in total. The van der Waals surface area contributed by atoms with E-state index < -0.39 is 129 Å². The van der Waals surface area contributed by atoms with Crippen LogP contribution in [0.2, 0.25) is 0 Å². The number of rotatable bonds is 9. The maximum absolute atomic E-state index is 10.8. The molecule has 5 fully saturated rings. The fourth-order valence-electron chi connectivity index (χ4n) is 7.73. The van der Waals surface area contributed by atoms with Gasteiger partial charge in [-0.2, -0.15) is 0 Å². The molecule has 18 atom stereocenters. The van der Waals surface area contributed by atoms with Crippen LogP contribution in [-0.2, 0) is 33.2 Å². The summed E-state index contributed by atoms with van der Waals surface area (Å²) >= 11 is 0. The first kappa shape index (κ1) is 36.6. The molecule has 0 aromatic carbocycles. The molecule has 2 aliphatic carbocycles. The average Bonchev–Trinajstić information content (AvgIpc) is 3.05. The molecule has 0 radical (unpaired) electrons. The summed E-state index contributed by atoms with van der Waals surface area (Å²) in [7, 11) is 2.95. The first-order valence-electron chi connectivity index (χ1n) is 15.9. The van der Waals surface area contributed by atoms with Gasteiger partial charge in [-0.15, -0.1) is 0 Å². The lowest BCUT2D eigenvalue weighted by Crippen LogP contribution is -2.63. The van der Waals surface area contributed by atoms with Crippen molar-refractivity contribution in [1.29, 1.82) is 0 Å². The molecule has 0 bridgehead atoms. The van der Waals surface area contributed by atoms with E-state index in [2.05, 4.69) is 0 Å². The minimum absolute atomic E-state index is 0.0874. The van der Waals surface area contributed by atoms with Gasteiger partial charge in [0.1, 0.15) is 54.9 Å². The molecule has 10 N–H and O–H groups in total. The van der Waals surface area contributed by atoms with Crippen molar-refractivity contribution in [2.75, 3.05) is 27.4 Å². The lowest BCUT2D eigenvalue weighted by molar-refractivity contribution is -0.345. The summed E-state index contributed by atoms with van der Waals surface area (Å²) in [5.41, 5.74) is 0. The Bertz CT molecular complexity index is 945. The van der Waals surface area contributed by atoms with E-state index in [0.29, 0.717) is 12.8 Å². The smallest absolute Gasteiger partial charge is 0.187 e. The molecule has 0 spiro atoms. The van der Waals surface area contributed by atoms with Gasteiger partial charge in [-0.25, -0.2) is 0 Å². The van der Waals surface area contributed by atoms with Gasteiger partial charge in [0.2, 0.25) is 0 Å². The van der Waals surface area contributed by atoms with Crippen molar-refractivity contribution in [1.82, 2.24) is 0 Å². The van der Waals surface area contributed by atoms with Crippen molar-refractivity contribution >= 4 is 0 Å². The highest BCUT2D eigenvalue weighted by Crippen LogP contribution is 2.45. The van der Waals surface area contributed by atoms with Crippen LogP contribution in [0.4, 0.5) is 0 Å². The fraction of sp³-hybridized carbons (Fsp3) is 1.00. The van der Waals surface area contributed by atoms with Gasteiger partial charge >= 0.3 is 0 Å². The third-order valence-electron chi connectivity index (χ3n) is 10.4. The summed E-state index contributed by atoms with van der Waals surface area (Å²) in [4.78, 5) is 0. The third kappa shape index (κ3) is 7.27. The number of aliphatic hydroxyl groups excluding tert-OH is 10. The lowest BCUT2D eigenvalue weighted by atomic mass is 9.72. The van der Waals surface area contributed by atoms with Crippen molar-refractivity contribution in [3.8, 4) is 0 Å². The molecule has 2 saturated carbocycles. The van der Waals surface area contributed by atoms with Crippen LogP contribution >= 0.6 is 0 Å². The fourth-order valence-corrected chi connectivity index (χ4v) is 7.73. The normalized spacial score (nSPS) is 53.5. The Morgan fingerprint density at radius 2 is 1.02 bits per heavy atom. The van der Waals surface area contributed by atoms with Crippen LogP contribution in [0, 0.1) is 11.8 Å². The Labute approximate surface area is 266 Å². The van der Waals surface area contributed by atoms with Crippen LogP contribution in [-0.4, -0.2) is 189 Å². The Morgan fingerprint density at radius 1 is 0.522 bits per heavy atom. The second-order valence-corrected chi connectivity index (χ2v) is 13.2. The number of ether oxygens (including phenoxy) is 7. The third-order valence-corrected chi connectivity index (χ3v) is 10.4. The van der Waals surface area contributed by atoms with E-state index in [1.165, 1.54) is 14.2 Å². The Morgan fingerprint density at radius 3 is 1.50 bits per heavy atom. The summed E-state index contributed by atoms with van der Waals surface area (Å²) in [5, 5.41) is 104. The first-order chi connectivity index (χ1) is 21.9. The Kier molecular flexibility index (Phi) is 12.3. The Balaban J connectivity index is 1.41. The molecule has 0 aromatic heterocycles. The highest BCUT2D eigenvalue weighted by Gasteiger charge is 2.54. The maximum Gasteiger partial charge on any atom is 0.187 e. The second kappa shape index (κ2) is 15.5. The van der Waals surface area contributed by atoms with Gasteiger partial charge in [0, 0.05) is 26.6 Å². The number of hydrogen-bond donors (Lipinski definition) is 10. The molecule has 3 saturated heterocycles. The summed E-state index contributed by atoms with van der Waals surface area (Å²) < 4.78 is 41.4. The second-order valence-electron chi connectivity index (χ2n) is 13.2. The van der Waals surface area contributed by atoms with E-state index in [1.807, 2.05) is 0 Å². The summed E-state index contributed by atoms with van der Waals surface area (Å²) in [5.74, 6) is -0.828. The summed E-state index contributed by atoms with van der Waals surface area (Å²) in [6.07, 6.45) is -20.1. The van der Waals surface area contributed by atoms with Gasteiger partial charge in [0.05, 0.1) is 55.9 Å². The van der Waals surface area contributed by atoms with Crippen molar-refractivity contribution < 1.29 is 84.2 Å². The molecule has 0 amide bonds.